The molecule has 0 aromatic rings. The molecule has 1 radical (unpaired) electrons. The van der Waals surface area contributed by atoms with Crippen LogP contribution in [0.1, 0.15) is 65.7 Å². The molecule has 0 N–H and O–H groups in total. The summed E-state index contributed by atoms with van der Waals surface area (Å²) in [5, 5.41) is 0. The van der Waals surface area contributed by atoms with Gasteiger partial charge >= 0.3 is 0 Å². The molecule has 0 unspecified atom stereocenters. The summed E-state index contributed by atoms with van der Waals surface area (Å²) in [5.74, 6) is 0. The number of hydrogen-bond donors (Lipinski definition) is 0. The van der Waals surface area contributed by atoms with E-state index in [1.165, 1.54) is 38.5 Å². The molecule has 73 valence electrons. The van der Waals surface area contributed by atoms with Gasteiger partial charge in [0.05, 0.1) is 0 Å². The molecular weight excluding hydrogens is 144 g/mol. The van der Waals surface area contributed by atoms with Gasteiger partial charge in [0.1, 0.15) is 0 Å². The van der Waals surface area contributed by atoms with Gasteiger partial charge in [-0.2, -0.15) is 0 Å². The Hall–Kier alpha value is 0. The molecule has 0 heterocycles. The van der Waals surface area contributed by atoms with Crippen LogP contribution in [0.3, 0.4) is 0 Å². The van der Waals surface area contributed by atoms with Crippen LogP contribution in [0.15, 0.2) is 0 Å². The third-order valence-corrected chi connectivity index (χ3v) is 2.56. The lowest BCUT2D eigenvalue weighted by atomic mass is 9.82. The lowest BCUT2D eigenvalue weighted by Crippen LogP contribution is -2.10. The fraction of sp³-hybridized carbons (Fsp3) is 0.917. The number of hydrogen-bond acceptors (Lipinski definition) is 0. The summed E-state index contributed by atoms with van der Waals surface area (Å²) in [6, 6.07) is 0. The molecule has 0 atom stereocenters. The Morgan fingerprint density at radius 1 is 1.00 bits per heavy atom. The van der Waals surface area contributed by atoms with Gasteiger partial charge in [-0.3, -0.25) is 0 Å². The average molecular weight is 169 g/mol. The van der Waals surface area contributed by atoms with E-state index in [0.717, 1.165) is 6.42 Å². The van der Waals surface area contributed by atoms with E-state index >= 15 is 0 Å². The Kier molecular flexibility index (Phi) is 6.51. The molecule has 0 amide bonds. The van der Waals surface area contributed by atoms with E-state index in [2.05, 4.69) is 27.7 Å². The fourth-order valence-corrected chi connectivity index (χ4v) is 1.58. The molecule has 0 bridgehead atoms. The predicted molar refractivity (Wildman–Crippen MR) is 57.1 cm³/mol. The third kappa shape index (κ3) is 6.69. The molecule has 0 aromatic carbocycles. The van der Waals surface area contributed by atoms with Gasteiger partial charge in [-0.15, -0.1) is 0 Å². The van der Waals surface area contributed by atoms with Crippen LogP contribution in [0.5, 0.6) is 0 Å². The minimum absolute atomic E-state index is 0.562. The van der Waals surface area contributed by atoms with Crippen LogP contribution in [0.4, 0.5) is 0 Å². The van der Waals surface area contributed by atoms with E-state index in [1.54, 1.807) is 0 Å². The Labute approximate surface area is 78.8 Å². The van der Waals surface area contributed by atoms with Crippen LogP contribution < -0.4 is 0 Å². The normalized spacial score (nSPS) is 12.0. The molecule has 0 nitrogen and oxygen atoms in total. The molecule has 0 aliphatic carbocycles. The van der Waals surface area contributed by atoms with Crippen molar-refractivity contribution in [2.75, 3.05) is 0 Å². The lowest BCUT2D eigenvalue weighted by molar-refractivity contribution is 0.288. The molecule has 0 saturated heterocycles. The van der Waals surface area contributed by atoms with Gasteiger partial charge in [0.25, 0.3) is 0 Å². The van der Waals surface area contributed by atoms with Crippen molar-refractivity contribution in [1.82, 2.24) is 0 Å². The van der Waals surface area contributed by atoms with Crippen molar-refractivity contribution in [3.8, 4) is 0 Å². The van der Waals surface area contributed by atoms with Gasteiger partial charge < -0.3 is 0 Å². The van der Waals surface area contributed by atoms with Gasteiger partial charge in [-0.25, -0.2) is 0 Å². The van der Waals surface area contributed by atoms with E-state index in [0.29, 0.717) is 5.41 Å². The molecular formula is C12H25. The van der Waals surface area contributed by atoms with Crippen LogP contribution >= 0.6 is 0 Å². The Bertz CT molecular complexity index is 92.2. The summed E-state index contributed by atoms with van der Waals surface area (Å²) in [6.07, 6.45) is 9.26. The standard InChI is InChI=1S/C12H25/c1-5-7-9-11-12(3,4)10-8-6-2/h2,5-11H2,1,3-4H3. The summed E-state index contributed by atoms with van der Waals surface area (Å²) in [7, 11) is 0. The minimum atomic E-state index is 0.562. The molecule has 0 rings (SSSR count). The van der Waals surface area contributed by atoms with Crippen molar-refractivity contribution in [2.45, 2.75) is 65.7 Å². The van der Waals surface area contributed by atoms with E-state index < -0.39 is 0 Å². The minimum Gasteiger partial charge on any atom is -0.0654 e. The van der Waals surface area contributed by atoms with Crippen LogP contribution in [0.2, 0.25) is 0 Å². The molecule has 0 fully saturated rings. The molecule has 0 aromatic heterocycles. The highest BCUT2D eigenvalue weighted by molar-refractivity contribution is 4.68. The average Bonchev–Trinajstić information content (AvgIpc) is 2.01. The molecule has 0 saturated carbocycles. The first-order chi connectivity index (χ1) is 5.62. The fourth-order valence-electron chi connectivity index (χ4n) is 1.58. The largest absolute Gasteiger partial charge is 0.0654 e. The second-order valence-electron chi connectivity index (χ2n) is 4.58. The molecule has 0 spiro atoms. The van der Waals surface area contributed by atoms with Gasteiger partial charge in [-0.1, -0.05) is 59.8 Å². The Balaban J connectivity index is 3.42. The second-order valence-corrected chi connectivity index (χ2v) is 4.58. The topological polar surface area (TPSA) is 0 Å². The van der Waals surface area contributed by atoms with Crippen molar-refractivity contribution >= 4 is 0 Å². The van der Waals surface area contributed by atoms with Gasteiger partial charge in [0.2, 0.25) is 0 Å². The first-order valence-corrected chi connectivity index (χ1v) is 5.41. The van der Waals surface area contributed by atoms with Crippen LogP contribution in [-0.4, -0.2) is 0 Å². The molecule has 0 aliphatic rings. The van der Waals surface area contributed by atoms with Gasteiger partial charge in [-0.05, 0) is 18.3 Å². The highest BCUT2D eigenvalue weighted by Crippen LogP contribution is 2.29. The Morgan fingerprint density at radius 2 is 1.58 bits per heavy atom. The smallest absolute Gasteiger partial charge is 0.0354 e. The third-order valence-electron chi connectivity index (χ3n) is 2.56. The van der Waals surface area contributed by atoms with E-state index in [1.807, 2.05) is 0 Å². The second kappa shape index (κ2) is 6.51. The monoisotopic (exact) mass is 169 g/mol. The van der Waals surface area contributed by atoms with Crippen molar-refractivity contribution < 1.29 is 0 Å². The zero-order valence-electron chi connectivity index (χ0n) is 9.16. The summed E-state index contributed by atoms with van der Waals surface area (Å²) in [4.78, 5) is 0. The molecule has 12 heavy (non-hydrogen) atoms. The SMILES string of the molecule is [CH2]CCCC(C)(C)CCCCC. The number of unbranched alkanes of at least 4 members (excludes halogenated alkanes) is 3. The quantitative estimate of drug-likeness (QED) is 0.489. The summed E-state index contributed by atoms with van der Waals surface area (Å²) >= 11 is 0. The maximum Gasteiger partial charge on any atom is -0.0354 e. The van der Waals surface area contributed by atoms with Crippen LogP contribution in [-0.2, 0) is 0 Å². The Morgan fingerprint density at radius 3 is 2.08 bits per heavy atom. The summed E-state index contributed by atoms with van der Waals surface area (Å²) < 4.78 is 0. The highest BCUT2D eigenvalue weighted by Gasteiger charge is 2.15. The zero-order valence-corrected chi connectivity index (χ0v) is 9.16. The van der Waals surface area contributed by atoms with E-state index in [9.17, 15) is 0 Å². The maximum absolute atomic E-state index is 3.89. The van der Waals surface area contributed by atoms with E-state index in [-0.39, 0.29) is 0 Å². The van der Waals surface area contributed by atoms with Crippen LogP contribution in [0.25, 0.3) is 0 Å². The zero-order chi connectivity index (χ0) is 9.45. The first kappa shape index (κ1) is 12.0. The van der Waals surface area contributed by atoms with Crippen molar-refractivity contribution in [2.24, 2.45) is 5.41 Å². The van der Waals surface area contributed by atoms with E-state index in [4.69, 9.17) is 0 Å². The van der Waals surface area contributed by atoms with Crippen molar-refractivity contribution in [1.29, 1.82) is 0 Å². The van der Waals surface area contributed by atoms with Gasteiger partial charge in [0.15, 0.2) is 0 Å². The number of rotatable bonds is 7. The van der Waals surface area contributed by atoms with Crippen LogP contribution in [0, 0.1) is 12.3 Å². The van der Waals surface area contributed by atoms with Gasteiger partial charge in [0, 0.05) is 0 Å². The lowest BCUT2D eigenvalue weighted by Gasteiger charge is -2.24. The summed E-state index contributed by atoms with van der Waals surface area (Å²) in [6.45, 7) is 10.9. The first-order valence-electron chi connectivity index (χ1n) is 5.41. The highest BCUT2D eigenvalue weighted by atomic mass is 14.2. The molecule has 0 aliphatic heterocycles. The molecule has 0 heteroatoms. The maximum atomic E-state index is 3.89. The van der Waals surface area contributed by atoms with Crippen molar-refractivity contribution in [3.63, 3.8) is 0 Å². The summed E-state index contributed by atoms with van der Waals surface area (Å²) in [5.41, 5.74) is 0.562. The van der Waals surface area contributed by atoms with Crippen molar-refractivity contribution in [3.05, 3.63) is 6.92 Å². The predicted octanol–water partition coefficient (Wildman–Crippen LogP) is 4.60.